The maximum atomic E-state index is 2.56. The van der Waals surface area contributed by atoms with E-state index in [1.165, 1.54) is 231 Å². The van der Waals surface area contributed by atoms with Crippen molar-refractivity contribution in [2.75, 3.05) is 0 Å². The van der Waals surface area contributed by atoms with Crippen molar-refractivity contribution in [3.8, 4) is 0 Å². The van der Waals surface area contributed by atoms with E-state index in [-0.39, 0.29) is 0 Å². The molecule has 0 heterocycles. The lowest BCUT2D eigenvalue weighted by Crippen LogP contribution is -2.47. The second-order valence-electron chi connectivity index (χ2n) is 16.6. The third-order valence-electron chi connectivity index (χ3n) is 11.9. The quantitative estimate of drug-likeness (QED) is 0.0473. The molecule has 0 aromatic heterocycles. The molecule has 1 aromatic rings. The monoisotopic (exact) mass is 697 g/mol. The Labute approximate surface area is 312 Å². The molecule has 0 atom stereocenters. The maximum absolute atomic E-state index is 2.56. The van der Waals surface area contributed by atoms with Crippen LogP contribution in [0.4, 0.5) is 0 Å². The predicted octanol–water partition coefficient (Wildman–Crippen LogP) is 17.4. The topological polar surface area (TPSA) is 0 Å². The van der Waals surface area contributed by atoms with Crippen molar-refractivity contribution in [1.29, 1.82) is 0 Å². The standard InChI is InChI=1S/C48H92Si/c1-4-7-10-13-16-19-22-25-28-31-34-40-45-49(48-43-38-37-39-44-48,46-41-35-32-29-26-23-20-17-14-11-8-5-2)47-42-36-33-30-27-24-21-18-15-12-9-6-3/h37-39,43-44H,4-36,40-42,45-47H2,1-3H3. The molecule has 0 radical (unpaired) electrons. The van der Waals surface area contributed by atoms with Crippen LogP contribution in [0.2, 0.25) is 18.1 Å². The fourth-order valence-electron chi connectivity index (χ4n) is 8.51. The van der Waals surface area contributed by atoms with Gasteiger partial charge in [-0.25, -0.2) is 0 Å². The summed E-state index contributed by atoms with van der Waals surface area (Å²) in [6, 6.07) is 16.8. The average molecular weight is 697 g/mol. The van der Waals surface area contributed by atoms with Crippen molar-refractivity contribution < 1.29 is 0 Å². The first-order valence-electron chi connectivity index (χ1n) is 23.3. The highest BCUT2D eigenvalue weighted by atomic mass is 28.3. The SMILES string of the molecule is CCCCCCCCCCCCCC[Si](CCCCCCCCCCCCCC)(CCCCCCCCCCCCCC)c1ccccc1. The summed E-state index contributed by atoms with van der Waals surface area (Å²) in [6.07, 6.45) is 52.7. The first-order chi connectivity index (χ1) is 24.3. The predicted molar refractivity (Wildman–Crippen MR) is 229 cm³/mol. The number of benzene rings is 1. The highest BCUT2D eigenvalue weighted by Crippen LogP contribution is 2.30. The Morgan fingerprint density at radius 1 is 0.265 bits per heavy atom. The van der Waals surface area contributed by atoms with Crippen LogP contribution < -0.4 is 5.19 Å². The van der Waals surface area contributed by atoms with Crippen molar-refractivity contribution in [1.82, 2.24) is 0 Å². The van der Waals surface area contributed by atoms with Gasteiger partial charge in [0.15, 0.2) is 0 Å². The molecule has 0 aliphatic rings. The zero-order valence-electron chi connectivity index (χ0n) is 34.5. The summed E-state index contributed by atoms with van der Waals surface area (Å²) in [5, 5.41) is 1.81. The van der Waals surface area contributed by atoms with E-state index in [4.69, 9.17) is 0 Å². The first-order valence-corrected chi connectivity index (χ1v) is 26.0. The molecule has 49 heavy (non-hydrogen) atoms. The van der Waals surface area contributed by atoms with Crippen LogP contribution in [-0.2, 0) is 0 Å². The van der Waals surface area contributed by atoms with Crippen LogP contribution in [-0.4, -0.2) is 8.07 Å². The molecule has 288 valence electrons. The molecular weight excluding hydrogens is 605 g/mol. The molecule has 0 amide bonds. The zero-order chi connectivity index (χ0) is 35.2. The Kier molecular flexibility index (Phi) is 35.3. The van der Waals surface area contributed by atoms with Crippen LogP contribution in [0.3, 0.4) is 0 Å². The third-order valence-corrected chi connectivity index (χ3v) is 17.4. The van der Waals surface area contributed by atoms with Crippen LogP contribution in [0.5, 0.6) is 0 Å². The summed E-state index contributed by atoms with van der Waals surface area (Å²) in [6.45, 7) is 6.97. The number of hydrogen-bond donors (Lipinski definition) is 0. The molecule has 0 aliphatic carbocycles. The van der Waals surface area contributed by atoms with E-state index in [0.29, 0.717) is 0 Å². The number of unbranched alkanes of at least 4 members (excludes halogenated alkanes) is 33. The van der Waals surface area contributed by atoms with Crippen molar-refractivity contribution >= 4 is 13.3 Å². The molecule has 0 fully saturated rings. The van der Waals surface area contributed by atoms with Gasteiger partial charge in [-0.2, -0.15) is 0 Å². The largest absolute Gasteiger partial charge is 0.0867 e. The zero-order valence-corrected chi connectivity index (χ0v) is 35.5. The van der Waals surface area contributed by atoms with Crippen LogP contribution in [0, 0.1) is 0 Å². The molecule has 0 nitrogen and oxygen atoms in total. The Morgan fingerprint density at radius 3 is 0.694 bits per heavy atom. The van der Waals surface area contributed by atoms with Crippen LogP contribution >= 0.6 is 0 Å². The maximum Gasteiger partial charge on any atom is 0.0867 e. The Hall–Kier alpha value is -0.563. The normalized spacial score (nSPS) is 11.9. The lowest BCUT2D eigenvalue weighted by atomic mass is 10.1. The minimum atomic E-state index is -1.46. The third kappa shape index (κ3) is 28.7. The molecule has 0 saturated carbocycles. The van der Waals surface area contributed by atoms with Gasteiger partial charge in [-0.05, 0) is 0 Å². The first kappa shape index (κ1) is 46.5. The highest BCUT2D eigenvalue weighted by molar-refractivity contribution is 6.91. The lowest BCUT2D eigenvalue weighted by molar-refractivity contribution is 0.544. The van der Waals surface area contributed by atoms with Gasteiger partial charge in [-0.3, -0.25) is 0 Å². The Morgan fingerprint density at radius 2 is 0.469 bits per heavy atom. The molecule has 0 bridgehead atoms. The van der Waals surface area contributed by atoms with Crippen LogP contribution in [0.15, 0.2) is 30.3 Å². The molecule has 0 aliphatic heterocycles. The van der Waals surface area contributed by atoms with Crippen molar-refractivity contribution in [3.63, 3.8) is 0 Å². The fraction of sp³-hybridized carbons (Fsp3) is 0.875. The average Bonchev–Trinajstić information content (AvgIpc) is 3.13. The van der Waals surface area contributed by atoms with Crippen molar-refractivity contribution in [2.24, 2.45) is 0 Å². The number of rotatable bonds is 40. The van der Waals surface area contributed by atoms with Gasteiger partial charge < -0.3 is 0 Å². The van der Waals surface area contributed by atoms with E-state index in [0.717, 1.165) is 0 Å². The van der Waals surface area contributed by atoms with Crippen LogP contribution in [0.1, 0.15) is 252 Å². The Balaban J connectivity index is 2.50. The minimum absolute atomic E-state index is 1.37. The van der Waals surface area contributed by atoms with Gasteiger partial charge in [0.25, 0.3) is 0 Å². The van der Waals surface area contributed by atoms with Crippen molar-refractivity contribution in [2.45, 2.75) is 270 Å². The summed E-state index contributed by atoms with van der Waals surface area (Å²) < 4.78 is 0. The van der Waals surface area contributed by atoms with E-state index in [1.54, 1.807) is 18.1 Å². The molecule has 0 saturated heterocycles. The summed E-state index contributed by atoms with van der Waals surface area (Å²) in [7, 11) is -1.46. The lowest BCUT2D eigenvalue weighted by Gasteiger charge is -2.33. The van der Waals surface area contributed by atoms with Gasteiger partial charge in [0.05, 0.1) is 8.07 Å². The van der Waals surface area contributed by atoms with E-state index in [2.05, 4.69) is 51.1 Å². The molecule has 0 spiro atoms. The summed E-state index contributed by atoms with van der Waals surface area (Å²) in [4.78, 5) is 0. The molecule has 1 aromatic carbocycles. The molecule has 1 rings (SSSR count). The minimum Gasteiger partial charge on any atom is -0.0654 e. The molecule has 1 heteroatoms. The fourth-order valence-corrected chi connectivity index (χ4v) is 13.8. The van der Waals surface area contributed by atoms with E-state index in [1.807, 2.05) is 5.19 Å². The summed E-state index contributed by atoms with van der Waals surface area (Å²) in [5.74, 6) is 0. The van der Waals surface area contributed by atoms with Gasteiger partial charge in [0.1, 0.15) is 0 Å². The molecule has 0 N–H and O–H groups in total. The van der Waals surface area contributed by atoms with E-state index < -0.39 is 8.07 Å². The van der Waals surface area contributed by atoms with Gasteiger partial charge in [0.2, 0.25) is 0 Å². The van der Waals surface area contributed by atoms with Gasteiger partial charge >= 0.3 is 0 Å². The molecular formula is C48H92Si. The highest BCUT2D eigenvalue weighted by Gasteiger charge is 2.33. The summed E-state index contributed by atoms with van der Waals surface area (Å²) in [5.41, 5.74) is 0. The van der Waals surface area contributed by atoms with E-state index in [9.17, 15) is 0 Å². The van der Waals surface area contributed by atoms with Gasteiger partial charge in [-0.1, -0.05) is 306 Å². The van der Waals surface area contributed by atoms with Gasteiger partial charge in [-0.15, -0.1) is 0 Å². The van der Waals surface area contributed by atoms with E-state index >= 15 is 0 Å². The second kappa shape index (κ2) is 37.2. The molecule has 0 unspecified atom stereocenters. The summed E-state index contributed by atoms with van der Waals surface area (Å²) >= 11 is 0. The van der Waals surface area contributed by atoms with Gasteiger partial charge in [0, 0.05) is 0 Å². The second-order valence-corrected chi connectivity index (χ2v) is 21.2. The Bertz CT molecular complexity index is 671. The smallest absolute Gasteiger partial charge is 0.0654 e. The number of hydrogen-bond acceptors (Lipinski definition) is 0. The van der Waals surface area contributed by atoms with Crippen molar-refractivity contribution in [3.05, 3.63) is 30.3 Å². The van der Waals surface area contributed by atoms with Crippen LogP contribution in [0.25, 0.3) is 0 Å².